The molecular formula is C27H26N7O+. The van der Waals surface area contributed by atoms with E-state index in [1.54, 1.807) is 6.20 Å². The lowest BCUT2D eigenvalue weighted by Gasteiger charge is -2.28. The zero-order chi connectivity index (χ0) is 24.0. The smallest absolute Gasteiger partial charge is 0.264 e. The Morgan fingerprint density at radius 1 is 1.00 bits per heavy atom. The topological polar surface area (TPSA) is 120 Å². The van der Waals surface area contributed by atoms with E-state index in [1.807, 2.05) is 67.1 Å². The predicted octanol–water partition coefficient (Wildman–Crippen LogP) is 3.81. The fourth-order valence-electron chi connectivity index (χ4n) is 5.25. The van der Waals surface area contributed by atoms with Gasteiger partial charge in [0.05, 0.1) is 23.5 Å². The van der Waals surface area contributed by atoms with E-state index >= 15 is 0 Å². The Kier molecular flexibility index (Phi) is 5.12. The van der Waals surface area contributed by atoms with E-state index in [4.69, 9.17) is 21.6 Å². The molecule has 0 bridgehead atoms. The van der Waals surface area contributed by atoms with E-state index in [-0.39, 0.29) is 22.3 Å². The lowest BCUT2D eigenvalue weighted by atomic mass is 9.80. The van der Waals surface area contributed by atoms with Crippen LogP contribution in [0.1, 0.15) is 31.2 Å². The van der Waals surface area contributed by atoms with Crippen molar-refractivity contribution in [2.24, 2.45) is 33.4 Å². The number of allylic oxidation sites excluding steroid dienone is 2. The van der Waals surface area contributed by atoms with Gasteiger partial charge in [0.1, 0.15) is 11.9 Å². The third kappa shape index (κ3) is 3.67. The molecule has 1 aromatic heterocycles. The van der Waals surface area contributed by atoms with Crippen LogP contribution >= 0.6 is 0 Å². The van der Waals surface area contributed by atoms with Crippen LogP contribution in [-0.4, -0.2) is 32.5 Å². The van der Waals surface area contributed by atoms with Gasteiger partial charge in [0.25, 0.3) is 5.84 Å². The highest BCUT2D eigenvalue weighted by Gasteiger charge is 2.46. The van der Waals surface area contributed by atoms with E-state index in [1.165, 1.54) is 0 Å². The Balaban J connectivity index is 1.39. The summed E-state index contributed by atoms with van der Waals surface area (Å²) in [6, 6.07) is 16.0. The molecule has 1 aliphatic carbocycles. The summed E-state index contributed by atoms with van der Waals surface area (Å²) < 4.78 is -0.0310. The standard InChI is InChI=1S/C27H25N7O/c28-25(35)18-8-6-17(7-9-18)24-23-16-30-12-13-34(23,29)27(33-24)20-10-11-21-15-31-26(32-22(21)14-20)19-4-2-1-3-5-19/h1-5,10-18H,6-9,29H2,(H-,28,35)/p+1. The van der Waals surface area contributed by atoms with Gasteiger partial charge in [-0.15, -0.1) is 4.59 Å². The van der Waals surface area contributed by atoms with Crippen molar-refractivity contribution < 1.29 is 9.39 Å². The van der Waals surface area contributed by atoms with Crippen LogP contribution in [0.3, 0.4) is 0 Å². The molecule has 35 heavy (non-hydrogen) atoms. The van der Waals surface area contributed by atoms with Crippen LogP contribution in [0, 0.1) is 11.8 Å². The van der Waals surface area contributed by atoms with Crippen LogP contribution in [0.25, 0.3) is 22.3 Å². The number of rotatable bonds is 4. The number of carbonyl (C=O) groups is 1. The molecule has 0 radical (unpaired) electrons. The highest BCUT2D eigenvalue weighted by Crippen LogP contribution is 2.41. The minimum atomic E-state index is -0.212. The second-order valence-electron chi connectivity index (χ2n) is 9.34. The molecular weight excluding hydrogens is 438 g/mol. The molecule has 8 nitrogen and oxygen atoms in total. The van der Waals surface area contributed by atoms with Crippen molar-refractivity contribution in [3.8, 4) is 11.4 Å². The van der Waals surface area contributed by atoms with Crippen molar-refractivity contribution in [2.75, 3.05) is 0 Å². The van der Waals surface area contributed by atoms with Crippen molar-refractivity contribution in [3.63, 3.8) is 0 Å². The average Bonchev–Trinajstić information content (AvgIpc) is 3.21. The van der Waals surface area contributed by atoms with Crippen molar-refractivity contribution in [3.05, 3.63) is 84.1 Å². The summed E-state index contributed by atoms with van der Waals surface area (Å²) in [6.45, 7) is 0. The molecule has 2 aliphatic heterocycles. The van der Waals surface area contributed by atoms with Gasteiger partial charge in [0.15, 0.2) is 5.82 Å². The van der Waals surface area contributed by atoms with E-state index in [9.17, 15) is 4.79 Å². The number of nitrogens with two attached hydrogens (primary N) is 2. The molecule has 2 aromatic carbocycles. The Labute approximate surface area is 203 Å². The first-order valence-corrected chi connectivity index (χ1v) is 11.9. The maximum atomic E-state index is 11.6. The molecule has 4 N–H and O–H groups in total. The van der Waals surface area contributed by atoms with E-state index in [0.29, 0.717) is 5.82 Å². The molecule has 0 saturated heterocycles. The molecule has 1 unspecified atom stereocenters. The number of primary amides is 1. The maximum Gasteiger partial charge on any atom is 0.264 e. The van der Waals surface area contributed by atoms with Crippen molar-refractivity contribution in [2.45, 2.75) is 25.7 Å². The van der Waals surface area contributed by atoms with Crippen LogP contribution in [0.4, 0.5) is 0 Å². The SMILES string of the molecule is NC(=O)C1CCC(C2=C3C=NC=C[N+]3(N)C(c3ccc4cnc(-c5ccccc5)nc4c3)=N2)CC1. The highest BCUT2D eigenvalue weighted by molar-refractivity contribution is 6.02. The number of amidine groups is 1. The molecule has 6 rings (SSSR count). The summed E-state index contributed by atoms with van der Waals surface area (Å²) in [5, 5.41) is 0.949. The van der Waals surface area contributed by atoms with Crippen molar-refractivity contribution in [1.29, 1.82) is 0 Å². The summed E-state index contributed by atoms with van der Waals surface area (Å²) in [7, 11) is 0. The number of carbonyl (C=O) groups excluding carboxylic acids is 1. The van der Waals surface area contributed by atoms with Gasteiger partial charge in [-0.25, -0.2) is 9.97 Å². The largest absolute Gasteiger partial charge is 0.369 e. The molecule has 3 heterocycles. The number of aromatic nitrogens is 2. The minimum absolute atomic E-state index is 0.0310. The summed E-state index contributed by atoms with van der Waals surface area (Å²) in [6.07, 6.45) is 10.5. The minimum Gasteiger partial charge on any atom is -0.369 e. The van der Waals surface area contributed by atoms with Crippen LogP contribution < -0.4 is 11.6 Å². The maximum absolute atomic E-state index is 11.6. The first-order chi connectivity index (χ1) is 17.0. The summed E-state index contributed by atoms with van der Waals surface area (Å²) in [5.74, 6) is 8.29. The number of benzene rings is 2. The molecule has 1 fully saturated rings. The van der Waals surface area contributed by atoms with Crippen LogP contribution in [0.5, 0.6) is 0 Å². The first-order valence-electron chi connectivity index (χ1n) is 11.9. The Bertz CT molecular complexity index is 1450. The lowest BCUT2D eigenvalue weighted by molar-refractivity contribution is -0.750. The fourth-order valence-corrected chi connectivity index (χ4v) is 5.25. The molecule has 1 saturated carbocycles. The third-order valence-electron chi connectivity index (χ3n) is 7.21. The van der Waals surface area contributed by atoms with E-state index < -0.39 is 0 Å². The quantitative estimate of drug-likeness (QED) is 0.451. The lowest BCUT2D eigenvalue weighted by Crippen LogP contribution is -2.53. The average molecular weight is 465 g/mol. The van der Waals surface area contributed by atoms with Gasteiger partial charge < -0.3 is 5.73 Å². The van der Waals surface area contributed by atoms with Gasteiger partial charge in [0, 0.05) is 29.0 Å². The van der Waals surface area contributed by atoms with Gasteiger partial charge in [-0.2, -0.15) is 10.8 Å². The van der Waals surface area contributed by atoms with Crippen LogP contribution in [0.2, 0.25) is 0 Å². The Morgan fingerprint density at radius 2 is 1.80 bits per heavy atom. The van der Waals surface area contributed by atoms with Crippen molar-refractivity contribution in [1.82, 2.24) is 9.97 Å². The number of aliphatic imine (C=N–C) groups is 2. The summed E-state index contributed by atoms with van der Waals surface area (Å²) in [4.78, 5) is 30.4. The molecule has 0 spiro atoms. The molecule has 3 aliphatic rings. The monoisotopic (exact) mass is 464 g/mol. The van der Waals surface area contributed by atoms with Gasteiger partial charge in [-0.05, 0) is 37.8 Å². The Hall–Kier alpha value is -4.01. The Morgan fingerprint density at radius 3 is 2.57 bits per heavy atom. The molecule has 1 atom stereocenters. The fraction of sp³-hybridized carbons (Fsp3) is 0.222. The summed E-state index contributed by atoms with van der Waals surface area (Å²) in [5.41, 5.74) is 10.1. The van der Waals surface area contributed by atoms with Gasteiger partial charge in [0.2, 0.25) is 11.6 Å². The predicted molar refractivity (Wildman–Crippen MR) is 135 cm³/mol. The zero-order valence-electron chi connectivity index (χ0n) is 19.2. The molecule has 3 aromatic rings. The normalized spacial score (nSPS) is 25.6. The molecule has 174 valence electrons. The van der Waals surface area contributed by atoms with Crippen LogP contribution in [-0.2, 0) is 4.79 Å². The number of hydrogen-bond acceptors (Lipinski definition) is 6. The molecule has 1 amide bonds. The number of quaternary nitrogens is 1. The second kappa shape index (κ2) is 8.33. The number of amides is 1. The van der Waals surface area contributed by atoms with Gasteiger partial charge >= 0.3 is 0 Å². The van der Waals surface area contributed by atoms with Gasteiger partial charge in [-0.1, -0.05) is 36.4 Å². The second-order valence-corrected chi connectivity index (χ2v) is 9.34. The van der Waals surface area contributed by atoms with Gasteiger partial charge in [-0.3, -0.25) is 9.79 Å². The zero-order valence-corrected chi connectivity index (χ0v) is 19.2. The number of fused-ring (bicyclic) bond motifs is 2. The highest BCUT2D eigenvalue weighted by atomic mass is 16.1. The summed E-state index contributed by atoms with van der Waals surface area (Å²) >= 11 is 0. The first kappa shape index (κ1) is 21.5. The third-order valence-corrected chi connectivity index (χ3v) is 7.21. The van der Waals surface area contributed by atoms with E-state index in [2.05, 4.69) is 9.98 Å². The van der Waals surface area contributed by atoms with Crippen LogP contribution in [0.15, 0.2) is 88.5 Å². The van der Waals surface area contributed by atoms with E-state index in [0.717, 1.165) is 64.9 Å². The number of nitrogens with zero attached hydrogens (tertiary/aromatic N) is 5. The molecule has 8 heteroatoms. The number of hydrogen-bond donors (Lipinski definition) is 2. The van der Waals surface area contributed by atoms with Crippen molar-refractivity contribution >= 4 is 28.9 Å².